The number of pyridine rings is 1. The summed E-state index contributed by atoms with van der Waals surface area (Å²) < 4.78 is 6.17. The smallest absolute Gasteiger partial charge is 0.143 e. The molecule has 3 aromatic rings. The van der Waals surface area contributed by atoms with Gasteiger partial charge in [0.2, 0.25) is 0 Å². The van der Waals surface area contributed by atoms with E-state index in [1.54, 1.807) is 12.3 Å². The lowest BCUT2D eigenvalue weighted by Gasteiger charge is -2.06. The summed E-state index contributed by atoms with van der Waals surface area (Å²) in [5.41, 5.74) is 7.98. The number of hydrogen-bond acceptors (Lipinski definition) is 7. The van der Waals surface area contributed by atoms with E-state index >= 15 is 0 Å². The third-order valence-electron chi connectivity index (χ3n) is 3.48. The van der Waals surface area contributed by atoms with E-state index in [4.69, 9.17) is 10.2 Å². The molecule has 3 N–H and O–H groups in total. The first-order valence-corrected chi connectivity index (χ1v) is 8.22. The summed E-state index contributed by atoms with van der Waals surface area (Å²) in [5.74, 6) is 0.784. The van der Waals surface area contributed by atoms with E-state index < -0.39 is 0 Å². The lowest BCUT2D eigenvalue weighted by Crippen LogP contribution is -2.17. The van der Waals surface area contributed by atoms with Gasteiger partial charge < -0.3 is 15.5 Å². The van der Waals surface area contributed by atoms with Gasteiger partial charge in [0.1, 0.15) is 29.1 Å². The van der Waals surface area contributed by atoms with Gasteiger partial charge in [-0.05, 0) is 31.5 Å². The van der Waals surface area contributed by atoms with Crippen LogP contribution in [0.2, 0.25) is 0 Å². The van der Waals surface area contributed by atoms with E-state index in [0.717, 1.165) is 21.0 Å². The summed E-state index contributed by atoms with van der Waals surface area (Å²) in [5, 5.41) is 22.0. The summed E-state index contributed by atoms with van der Waals surface area (Å²) in [4.78, 5) is 5.22. The van der Waals surface area contributed by atoms with E-state index in [0.29, 0.717) is 24.0 Å². The van der Waals surface area contributed by atoms with E-state index in [-0.39, 0.29) is 24.1 Å². The molecule has 0 aliphatic rings. The first-order valence-electron chi connectivity index (χ1n) is 7.40. The van der Waals surface area contributed by atoms with Crippen molar-refractivity contribution in [3.63, 3.8) is 0 Å². The minimum Gasteiger partial charge on any atom is -0.467 e. The van der Waals surface area contributed by atoms with Crippen LogP contribution in [0.1, 0.15) is 28.8 Å². The molecule has 1 atom stereocenters. The van der Waals surface area contributed by atoms with Gasteiger partial charge in [-0.15, -0.1) is 23.7 Å². The van der Waals surface area contributed by atoms with Crippen LogP contribution in [0.5, 0.6) is 0 Å². The van der Waals surface area contributed by atoms with Crippen molar-refractivity contribution in [2.24, 2.45) is 5.73 Å². The van der Waals surface area contributed by atoms with Crippen molar-refractivity contribution < 1.29 is 4.42 Å². The molecule has 3 heterocycles. The summed E-state index contributed by atoms with van der Waals surface area (Å²) in [6.45, 7) is 2.38. The number of rotatable bonds is 5. The number of aromatic nitrogens is 1. The number of furan rings is 1. The van der Waals surface area contributed by atoms with Crippen LogP contribution in [0, 0.1) is 22.7 Å². The third-order valence-corrected chi connectivity index (χ3v) is 4.72. The molecule has 3 rings (SSSR count). The van der Waals surface area contributed by atoms with Crippen LogP contribution in [0.15, 0.2) is 28.9 Å². The molecule has 0 amide bonds. The fourth-order valence-corrected chi connectivity index (χ4v) is 3.77. The van der Waals surface area contributed by atoms with E-state index in [1.165, 1.54) is 11.3 Å². The Hall–Kier alpha value is -2.58. The maximum atomic E-state index is 9.51. The second-order valence-electron chi connectivity index (χ2n) is 5.47. The number of thiophene rings is 1. The van der Waals surface area contributed by atoms with Gasteiger partial charge in [0.25, 0.3) is 0 Å². The zero-order chi connectivity index (χ0) is 17.1. The second kappa shape index (κ2) is 8.00. The van der Waals surface area contributed by atoms with Gasteiger partial charge in [-0.3, -0.25) is 0 Å². The molecule has 0 aromatic carbocycles. The molecule has 0 unspecified atom stereocenters. The fraction of sp³-hybridized carbons (Fsp3) is 0.235. The molecule has 0 saturated heterocycles. The summed E-state index contributed by atoms with van der Waals surface area (Å²) in [6.07, 6.45) is 2.21. The van der Waals surface area contributed by atoms with Crippen LogP contribution in [0.4, 0.5) is 5.69 Å². The van der Waals surface area contributed by atoms with Crippen molar-refractivity contribution in [2.45, 2.75) is 25.9 Å². The highest BCUT2D eigenvalue weighted by Gasteiger charge is 2.18. The quantitative estimate of drug-likeness (QED) is 0.707. The van der Waals surface area contributed by atoms with Gasteiger partial charge in [-0.1, -0.05) is 0 Å². The van der Waals surface area contributed by atoms with Gasteiger partial charge in [-0.25, -0.2) is 4.98 Å². The van der Waals surface area contributed by atoms with Crippen molar-refractivity contribution in [3.8, 4) is 12.1 Å². The lowest BCUT2D eigenvalue weighted by molar-refractivity contribution is 0.518. The molecular formula is C17H16ClN5OS. The molecule has 0 saturated carbocycles. The molecule has 0 aliphatic heterocycles. The van der Waals surface area contributed by atoms with Gasteiger partial charge >= 0.3 is 0 Å². The van der Waals surface area contributed by atoms with Crippen molar-refractivity contribution in [3.05, 3.63) is 46.4 Å². The Morgan fingerprint density at radius 3 is 2.80 bits per heavy atom. The van der Waals surface area contributed by atoms with Crippen molar-refractivity contribution >= 4 is 39.6 Å². The molecule has 0 radical (unpaired) electrons. The summed E-state index contributed by atoms with van der Waals surface area (Å²) in [7, 11) is 0. The average molecular weight is 374 g/mol. The van der Waals surface area contributed by atoms with Gasteiger partial charge in [0, 0.05) is 10.9 Å². The first kappa shape index (κ1) is 18.8. The number of nitrogens with two attached hydrogens (primary N) is 1. The number of fused-ring (bicyclic) bond motifs is 1. The van der Waals surface area contributed by atoms with Crippen molar-refractivity contribution in [1.29, 1.82) is 10.5 Å². The molecular weight excluding hydrogens is 358 g/mol. The van der Waals surface area contributed by atoms with Gasteiger partial charge in [0.15, 0.2) is 0 Å². The van der Waals surface area contributed by atoms with Gasteiger partial charge in [-0.2, -0.15) is 10.5 Å². The highest BCUT2D eigenvalue weighted by molar-refractivity contribution is 7.20. The zero-order valence-corrected chi connectivity index (χ0v) is 15.1. The molecule has 8 heteroatoms. The zero-order valence-electron chi connectivity index (χ0n) is 13.4. The minimum atomic E-state index is -0.0554. The van der Waals surface area contributed by atoms with Crippen LogP contribution < -0.4 is 11.1 Å². The number of nitriles is 2. The predicted octanol–water partition coefficient (Wildman–Crippen LogP) is 3.56. The Morgan fingerprint density at radius 1 is 1.40 bits per heavy atom. The largest absolute Gasteiger partial charge is 0.467 e. The van der Waals surface area contributed by atoms with E-state index in [1.807, 2.05) is 19.1 Å². The van der Waals surface area contributed by atoms with Crippen LogP contribution >= 0.6 is 23.7 Å². The molecule has 0 aliphatic carbocycles. The Labute approximate surface area is 155 Å². The first-order chi connectivity index (χ1) is 11.6. The molecule has 0 spiro atoms. The molecule has 128 valence electrons. The third kappa shape index (κ3) is 3.92. The lowest BCUT2D eigenvalue weighted by atomic mass is 10.1. The maximum Gasteiger partial charge on any atom is 0.143 e. The fourth-order valence-electron chi connectivity index (χ4n) is 2.45. The predicted molar refractivity (Wildman–Crippen MR) is 99.7 cm³/mol. The summed E-state index contributed by atoms with van der Waals surface area (Å²) >= 11 is 1.49. The van der Waals surface area contributed by atoms with E-state index in [9.17, 15) is 10.5 Å². The normalized spacial score (nSPS) is 11.4. The molecule has 25 heavy (non-hydrogen) atoms. The van der Waals surface area contributed by atoms with Gasteiger partial charge in [0.05, 0.1) is 28.8 Å². The molecule has 0 fully saturated rings. The van der Waals surface area contributed by atoms with Crippen LogP contribution in [0.3, 0.4) is 0 Å². The SMILES string of the molecule is C[C@H](N)Cc1sc2c(NCc3ccco3)cc(C#N)nc2c1C#N.Cl. The number of halogens is 1. The number of nitrogens with zero attached hydrogens (tertiary/aromatic N) is 3. The standard InChI is InChI=1S/C17H15N5OS.ClH/c1-10(20)5-15-13(8-19)16-17(24-15)14(6-11(7-18)22-16)21-9-12-3-2-4-23-12;/h2-4,6,10H,5,9,20H2,1H3,(H,21,22);1H/t10-;/m0./s1. The molecule has 0 bridgehead atoms. The Morgan fingerprint density at radius 2 is 2.20 bits per heavy atom. The van der Waals surface area contributed by atoms with Crippen molar-refractivity contribution in [2.75, 3.05) is 5.32 Å². The van der Waals surface area contributed by atoms with E-state index in [2.05, 4.69) is 22.4 Å². The topological polar surface area (TPSA) is 112 Å². The second-order valence-corrected chi connectivity index (χ2v) is 6.58. The van der Waals surface area contributed by atoms with Crippen LogP contribution in [-0.4, -0.2) is 11.0 Å². The monoisotopic (exact) mass is 373 g/mol. The molecule has 6 nitrogen and oxygen atoms in total. The van der Waals surface area contributed by atoms with Crippen molar-refractivity contribution in [1.82, 2.24) is 4.98 Å². The maximum absolute atomic E-state index is 9.51. The molecule has 3 aromatic heterocycles. The highest BCUT2D eigenvalue weighted by atomic mass is 35.5. The number of anilines is 1. The minimum absolute atomic E-state index is 0. The van der Waals surface area contributed by atoms with Crippen LogP contribution in [-0.2, 0) is 13.0 Å². The Balaban J connectivity index is 0.00000225. The number of nitrogens with one attached hydrogen (secondary N) is 1. The van der Waals surface area contributed by atoms with Crippen LogP contribution in [0.25, 0.3) is 10.2 Å². The Kier molecular flexibility index (Phi) is 6.00. The summed E-state index contributed by atoms with van der Waals surface area (Å²) in [6, 6.07) is 9.58. The number of hydrogen-bond donors (Lipinski definition) is 2. The average Bonchev–Trinajstić information content (AvgIpc) is 3.18. The Bertz CT molecular complexity index is 950. The highest BCUT2D eigenvalue weighted by Crippen LogP contribution is 2.36.